The number of aromatic nitrogens is 1. The highest BCUT2D eigenvalue weighted by molar-refractivity contribution is 7.11. The molecule has 0 aliphatic carbocycles. The molecular weight excluding hydrogens is 258 g/mol. The smallest absolute Gasteiger partial charge is 0.119 e. The van der Waals surface area contributed by atoms with Gasteiger partial charge in [0.1, 0.15) is 5.75 Å². The molecule has 0 bridgehead atoms. The molecule has 2 rings (SSSR count). The van der Waals surface area contributed by atoms with Crippen molar-refractivity contribution in [3.63, 3.8) is 0 Å². The number of hydrogen-bond donors (Lipinski definition) is 1. The molecule has 1 heterocycles. The Morgan fingerprint density at radius 2 is 2.00 bits per heavy atom. The summed E-state index contributed by atoms with van der Waals surface area (Å²) in [5.41, 5.74) is 1.06. The van der Waals surface area contributed by atoms with Crippen molar-refractivity contribution >= 4 is 11.3 Å². The van der Waals surface area contributed by atoms with Gasteiger partial charge in [-0.25, -0.2) is 4.98 Å². The number of ether oxygens (including phenoxy) is 1. The predicted molar refractivity (Wildman–Crippen MR) is 77.9 cm³/mol. The molecule has 0 spiro atoms. The predicted octanol–water partition coefficient (Wildman–Crippen LogP) is 3.13. The van der Waals surface area contributed by atoms with Crippen molar-refractivity contribution < 1.29 is 9.84 Å². The summed E-state index contributed by atoms with van der Waals surface area (Å²) in [5.74, 6) is 0.843. The van der Waals surface area contributed by atoms with E-state index in [1.54, 1.807) is 11.3 Å². The van der Waals surface area contributed by atoms with Gasteiger partial charge in [0.2, 0.25) is 0 Å². The molecule has 0 amide bonds. The highest BCUT2D eigenvalue weighted by Crippen LogP contribution is 2.18. The van der Waals surface area contributed by atoms with E-state index in [1.165, 1.54) is 4.88 Å². The van der Waals surface area contributed by atoms with E-state index >= 15 is 0 Å². The van der Waals surface area contributed by atoms with Crippen LogP contribution in [-0.4, -0.2) is 22.8 Å². The summed E-state index contributed by atoms with van der Waals surface area (Å²) >= 11 is 1.66. The van der Waals surface area contributed by atoms with Gasteiger partial charge in [0.25, 0.3) is 0 Å². The van der Waals surface area contributed by atoms with Crippen LogP contribution in [0.2, 0.25) is 0 Å². The van der Waals surface area contributed by atoms with E-state index in [2.05, 4.69) is 11.9 Å². The molecule has 1 unspecified atom stereocenters. The van der Waals surface area contributed by atoms with Crippen LogP contribution in [0.3, 0.4) is 0 Å². The number of aryl methyl sites for hydroxylation is 2. The van der Waals surface area contributed by atoms with E-state index in [0.717, 1.165) is 16.5 Å². The number of hydrogen-bond acceptors (Lipinski definition) is 4. The van der Waals surface area contributed by atoms with Crippen LogP contribution >= 0.6 is 11.3 Å². The van der Waals surface area contributed by atoms with Crippen LogP contribution in [0.25, 0.3) is 0 Å². The third-order valence-electron chi connectivity index (χ3n) is 2.95. The monoisotopic (exact) mass is 277 g/mol. The molecule has 0 saturated carbocycles. The van der Waals surface area contributed by atoms with Gasteiger partial charge in [0, 0.05) is 17.7 Å². The average molecular weight is 277 g/mol. The van der Waals surface area contributed by atoms with Gasteiger partial charge in [-0.3, -0.25) is 0 Å². The molecule has 0 radical (unpaired) electrons. The molecule has 0 aliphatic rings. The summed E-state index contributed by atoms with van der Waals surface area (Å²) in [5, 5.41) is 11.0. The van der Waals surface area contributed by atoms with Crippen molar-refractivity contribution in [2.24, 2.45) is 0 Å². The maximum Gasteiger partial charge on any atom is 0.119 e. The zero-order valence-electron chi connectivity index (χ0n) is 11.3. The Kier molecular flexibility index (Phi) is 4.93. The molecule has 0 saturated heterocycles. The van der Waals surface area contributed by atoms with Crippen molar-refractivity contribution in [1.82, 2.24) is 4.98 Å². The maximum absolute atomic E-state index is 9.97. The van der Waals surface area contributed by atoms with Crippen LogP contribution in [0.5, 0.6) is 5.75 Å². The number of benzene rings is 1. The quantitative estimate of drug-likeness (QED) is 0.882. The summed E-state index contributed by atoms with van der Waals surface area (Å²) in [6, 6.07) is 9.66. The largest absolute Gasteiger partial charge is 0.493 e. The first-order valence-electron chi connectivity index (χ1n) is 6.44. The molecule has 19 heavy (non-hydrogen) atoms. The van der Waals surface area contributed by atoms with Gasteiger partial charge in [-0.1, -0.05) is 18.2 Å². The second-order valence-electron chi connectivity index (χ2n) is 4.56. The van der Waals surface area contributed by atoms with Crippen molar-refractivity contribution in [2.75, 3.05) is 6.61 Å². The van der Waals surface area contributed by atoms with Crippen molar-refractivity contribution in [1.29, 1.82) is 0 Å². The van der Waals surface area contributed by atoms with Gasteiger partial charge < -0.3 is 9.84 Å². The number of nitrogens with zero attached hydrogens (tertiary/aromatic N) is 1. The SMILES string of the molecule is Cc1nc(CC(O)CCOc2ccccc2)sc1C. The standard InChI is InChI=1S/C15H19NO2S/c1-11-12(2)19-15(16-11)10-13(17)8-9-18-14-6-4-3-5-7-14/h3-7,13,17H,8-10H2,1-2H3. The first kappa shape index (κ1) is 14.0. The number of aliphatic hydroxyl groups is 1. The van der Waals surface area contributed by atoms with Gasteiger partial charge in [-0.15, -0.1) is 11.3 Å². The van der Waals surface area contributed by atoms with E-state index in [4.69, 9.17) is 4.74 Å². The van der Waals surface area contributed by atoms with Crippen molar-refractivity contribution in [3.05, 3.63) is 45.9 Å². The van der Waals surface area contributed by atoms with Crippen LogP contribution in [-0.2, 0) is 6.42 Å². The van der Waals surface area contributed by atoms with Crippen molar-refractivity contribution in [3.8, 4) is 5.75 Å². The lowest BCUT2D eigenvalue weighted by Crippen LogP contribution is -2.14. The fourth-order valence-corrected chi connectivity index (χ4v) is 2.76. The molecule has 4 heteroatoms. The zero-order valence-corrected chi connectivity index (χ0v) is 12.1. The Labute approximate surface area is 117 Å². The van der Waals surface area contributed by atoms with Gasteiger partial charge in [-0.05, 0) is 26.0 Å². The topological polar surface area (TPSA) is 42.4 Å². The fourth-order valence-electron chi connectivity index (χ4n) is 1.76. The molecule has 0 aliphatic heterocycles. The average Bonchev–Trinajstić information content (AvgIpc) is 2.69. The number of aliphatic hydroxyl groups excluding tert-OH is 1. The van der Waals surface area contributed by atoms with Crippen molar-refractivity contribution in [2.45, 2.75) is 32.8 Å². The fraction of sp³-hybridized carbons (Fsp3) is 0.400. The van der Waals surface area contributed by atoms with Crippen LogP contribution in [0.15, 0.2) is 30.3 Å². The minimum absolute atomic E-state index is 0.395. The van der Waals surface area contributed by atoms with E-state index in [1.807, 2.05) is 37.3 Å². The third kappa shape index (κ3) is 4.33. The highest BCUT2D eigenvalue weighted by atomic mass is 32.1. The van der Waals surface area contributed by atoms with E-state index in [0.29, 0.717) is 19.4 Å². The van der Waals surface area contributed by atoms with Crippen LogP contribution < -0.4 is 4.74 Å². The molecule has 3 nitrogen and oxygen atoms in total. The molecule has 1 aromatic carbocycles. The second-order valence-corrected chi connectivity index (χ2v) is 5.85. The Balaban J connectivity index is 1.74. The molecule has 2 aromatic rings. The van der Waals surface area contributed by atoms with E-state index in [-0.39, 0.29) is 0 Å². The Morgan fingerprint density at radius 1 is 1.26 bits per heavy atom. The second kappa shape index (κ2) is 6.68. The molecular formula is C15H19NO2S. The number of para-hydroxylation sites is 1. The normalized spacial score (nSPS) is 12.4. The minimum Gasteiger partial charge on any atom is -0.493 e. The Hall–Kier alpha value is -1.39. The van der Waals surface area contributed by atoms with E-state index in [9.17, 15) is 5.11 Å². The lowest BCUT2D eigenvalue weighted by molar-refractivity contribution is 0.139. The lowest BCUT2D eigenvalue weighted by atomic mass is 10.2. The van der Waals surface area contributed by atoms with Crippen LogP contribution in [0.1, 0.15) is 22.0 Å². The summed E-state index contributed by atoms with van der Waals surface area (Å²) < 4.78 is 5.57. The van der Waals surface area contributed by atoms with Gasteiger partial charge in [-0.2, -0.15) is 0 Å². The van der Waals surface area contributed by atoms with Gasteiger partial charge >= 0.3 is 0 Å². The van der Waals surface area contributed by atoms with Crippen LogP contribution in [0.4, 0.5) is 0 Å². The number of thiazole rings is 1. The Morgan fingerprint density at radius 3 is 2.63 bits per heavy atom. The first-order chi connectivity index (χ1) is 9.15. The minimum atomic E-state index is -0.395. The Bertz CT molecular complexity index is 491. The highest BCUT2D eigenvalue weighted by Gasteiger charge is 2.10. The number of rotatable bonds is 6. The zero-order chi connectivity index (χ0) is 13.7. The summed E-state index contributed by atoms with van der Waals surface area (Å²) in [4.78, 5) is 5.66. The summed E-state index contributed by atoms with van der Waals surface area (Å²) in [7, 11) is 0. The summed E-state index contributed by atoms with van der Waals surface area (Å²) in [6.45, 7) is 4.58. The van der Waals surface area contributed by atoms with Gasteiger partial charge in [0.05, 0.1) is 23.4 Å². The van der Waals surface area contributed by atoms with Crippen LogP contribution in [0, 0.1) is 13.8 Å². The first-order valence-corrected chi connectivity index (χ1v) is 7.25. The summed E-state index contributed by atoms with van der Waals surface area (Å²) in [6.07, 6.45) is 0.831. The molecule has 1 N–H and O–H groups in total. The van der Waals surface area contributed by atoms with E-state index < -0.39 is 6.10 Å². The molecule has 102 valence electrons. The molecule has 1 atom stereocenters. The van der Waals surface area contributed by atoms with Gasteiger partial charge in [0.15, 0.2) is 0 Å². The molecule has 0 fully saturated rings. The molecule has 1 aromatic heterocycles. The maximum atomic E-state index is 9.97. The lowest BCUT2D eigenvalue weighted by Gasteiger charge is -2.10. The third-order valence-corrected chi connectivity index (χ3v) is 4.04.